The highest BCUT2D eigenvalue weighted by Gasteiger charge is 2.12. The quantitative estimate of drug-likeness (QED) is 0.757. The first-order valence-electron chi connectivity index (χ1n) is 8.17. The van der Waals surface area contributed by atoms with Crippen LogP contribution in [0.25, 0.3) is 10.8 Å². The molecule has 0 aromatic heterocycles. The van der Waals surface area contributed by atoms with Gasteiger partial charge in [0.2, 0.25) is 5.91 Å². The molecule has 0 spiro atoms. The second-order valence-corrected chi connectivity index (χ2v) is 6.24. The van der Waals surface area contributed by atoms with E-state index in [4.69, 9.17) is 0 Å². The molecular formula is C21H19NO. The molecule has 0 fully saturated rings. The van der Waals surface area contributed by atoms with E-state index in [0.29, 0.717) is 6.42 Å². The van der Waals surface area contributed by atoms with E-state index in [1.165, 1.54) is 29.4 Å². The average Bonchev–Trinajstić information content (AvgIpc) is 3.02. The fourth-order valence-corrected chi connectivity index (χ4v) is 3.39. The number of rotatable bonds is 3. The Morgan fingerprint density at radius 1 is 0.870 bits per heavy atom. The second-order valence-electron chi connectivity index (χ2n) is 6.24. The predicted octanol–water partition coefficient (Wildman–Crippen LogP) is 4.51. The number of hydrogen-bond donors (Lipinski definition) is 1. The maximum Gasteiger partial charge on any atom is 0.228 e. The lowest BCUT2D eigenvalue weighted by Crippen LogP contribution is -2.14. The van der Waals surface area contributed by atoms with Crippen molar-refractivity contribution in [3.63, 3.8) is 0 Å². The minimum Gasteiger partial charge on any atom is -0.326 e. The number of carbonyl (C=O) groups is 1. The van der Waals surface area contributed by atoms with E-state index >= 15 is 0 Å². The van der Waals surface area contributed by atoms with Crippen LogP contribution in [0.15, 0.2) is 60.7 Å². The van der Waals surface area contributed by atoms with Crippen LogP contribution in [0.3, 0.4) is 0 Å². The molecule has 0 aliphatic heterocycles. The predicted molar refractivity (Wildman–Crippen MR) is 94.7 cm³/mol. The van der Waals surface area contributed by atoms with Crippen molar-refractivity contribution in [2.24, 2.45) is 0 Å². The molecule has 1 N–H and O–H groups in total. The summed E-state index contributed by atoms with van der Waals surface area (Å²) in [6.07, 6.45) is 4.00. The van der Waals surface area contributed by atoms with Gasteiger partial charge in [0.25, 0.3) is 0 Å². The van der Waals surface area contributed by atoms with Crippen LogP contribution < -0.4 is 5.32 Å². The minimum absolute atomic E-state index is 0.0400. The summed E-state index contributed by atoms with van der Waals surface area (Å²) in [4.78, 5) is 12.3. The van der Waals surface area contributed by atoms with Crippen molar-refractivity contribution in [2.45, 2.75) is 25.7 Å². The van der Waals surface area contributed by atoms with Crippen LogP contribution in [0.4, 0.5) is 5.69 Å². The lowest BCUT2D eigenvalue weighted by Gasteiger charge is -2.08. The van der Waals surface area contributed by atoms with Crippen LogP contribution >= 0.6 is 0 Å². The summed E-state index contributed by atoms with van der Waals surface area (Å²) in [6.45, 7) is 0. The Bertz CT molecular complexity index is 882. The van der Waals surface area contributed by atoms with Gasteiger partial charge in [-0.05, 0) is 58.9 Å². The number of nitrogens with one attached hydrogen (secondary N) is 1. The highest BCUT2D eigenvalue weighted by molar-refractivity contribution is 5.95. The average molecular weight is 301 g/mol. The summed E-state index contributed by atoms with van der Waals surface area (Å²) in [5.74, 6) is 0.0400. The number of anilines is 1. The highest BCUT2D eigenvalue weighted by atomic mass is 16.1. The number of aryl methyl sites for hydroxylation is 2. The monoisotopic (exact) mass is 301 g/mol. The summed E-state index contributed by atoms with van der Waals surface area (Å²) >= 11 is 0. The molecule has 0 unspecified atom stereocenters. The number of benzene rings is 3. The van der Waals surface area contributed by atoms with Gasteiger partial charge in [0, 0.05) is 5.69 Å². The van der Waals surface area contributed by atoms with Crippen LogP contribution in [-0.2, 0) is 24.1 Å². The Morgan fingerprint density at radius 3 is 2.61 bits per heavy atom. The van der Waals surface area contributed by atoms with Gasteiger partial charge in [-0.1, -0.05) is 48.5 Å². The molecule has 4 rings (SSSR count). The number of hydrogen-bond acceptors (Lipinski definition) is 1. The van der Waals surface area contributed by atoms with E-state index in [-0.39, 0.29) is 5.91 Å². The summed E-state index contributed by atoms with van der Waals surface area (Å²) in [7, 11) is 0. The van der Waals surface area contributed by atoms with E-state index in [0.717, 1.165) is 23.1 Å². The molecule has 0 heterocycles. The summed E-state index contributed by atoms with van der Waals surface area (Å²) in [6, 6.07) is 20.7. The molecule has 2 nitrogen and oxygen atoms in total. The topological polar surface area (TPSA) is 29.1 Å². The Balaban J connectivity index is 1.48. The zero-order valence-electron chi connectivity index (χ0n) is 13.0. The first kappa shape index (κ1) is 14.0. The molecule has 3 aromatic carbocycles. The number of carbonyl (C=O) groups excluding carboxylic acids is 1. The van der Waals surface area contributed by atoms with Gasteiger partial charge >= 0.3 is 0 Å². The largest absolute Gasteiger partial charge is 0.326 e. The van der Waals surface area contributed by atoms with E-state index in [1.807, 2.05) is 30.3 Å². The third-order valence-corrected chi connectivity index (χ3v) is 4.56. The van der Waals surface area contributed by atoms with Crippen LogP contribution in [0, 0.1) is 0 Å². The van der Waals surface area contributed by atoms with Crippen molar-refractivity contribution in [3.05, 3.63) is 77.4 Å². The Hall–Kier alpha value is -2.61. The van der Waals surface area contributed by atoms with E-state index in [1.54, 1.807) is 0 Å². The summed E-state index contributed by atoms with van der Waals surface area (Å²) in [5.41, 5.74) is 4.82. The van der Waals surface area contributed by atoms with Crippen LogP contribution in [-0.4, -0.2) is 5.91 Å². The van der Waals surface area contributed by atoms with Gasteiger partial charge in [0.1, 0.15) is 0 Å². The molecule has 0 saturated heterocycles. The number of amides is 1. The van der Waals surface area contributed by atoms with Crippen molar-refractivity contribution < 1.29 is 4.79 Å². The van der Waals surface area contributed by atoms with Gasteiger partial charge < -0.3 is 5.32 Å². The summed E-state index contributed by atoms with van der Waals surface area (Å²) < 4.78 is 0. The van der Waals surface area contributed by atoms with Gasteiger partial charge in [-0.3, -0.25) is 4.79 Å². The third-order valence-electron chi connectivity index (χ3n) is 4.56. The first-order chi connectivity index (χ1) is 11.3. The zero-order valence-corrected chi connectivity index (χ0v) is 13.0. The van der Waals surface area contributed by atoms with Crippen molar-refractivity contribution in [1.29, 1.82) is 0 Å². The molecular weight excluding hydrogens is 282 g/mol. The zero-order chi connectivity index (χ0) is 15.6. The SMILES string of the molecule is O=C(Cc1ccc2c(c1)CCC2)Nc1ccc2ccccc2c1. The van der Waals surface area contributed by atoms with Gasteiger partial charge in [-0.2, -0.15) is 0 Å². The Morgan fingerprint density at radius 2 is 1.70 bits per heavy atom. The van der Waals surface area contributed by atoms with Crippen LogP contribution in [0.2, 0.25) is 0 Å². The molecule has 1 amide bonds. The van der Waals surface area contributed by atoms with E-state index in [2.05, 4.69) is 35.6 Å². The highest BCUT2D eigenvalue weighted by Crippen LogP contribution is 2.23. The normalized spacial score (nSPS) is 13.0. The Labute approximate surface area is 136 Å². The van der Waals surface area contributed by atoms with Crippen molar-refractivity contribution in [2.75, 3.05) is 5.32 Å². The van der Waals surface area contributed by atoms with E-state index < -0.39 is 0 Å². The molecule has 3 aromatic rings. The molecule has 114 valence electrons. The molecule has 0 saturated carbocycles. The first-order valence-corrected chi connectivity index (χ1v) is 8.17. The smallest absolute Gasteiger partial charge is 0.228 e. The van der Waals surface area contributed by atoms with Gasteiger partial charge in [0.05, 0.1) is 6.42 Å². The number of fused-ring (bicyclic) bond motifs is 2. The van der Waals surface area contributed by atoms with Crippen LogP contribution in [0.5, 0.6) is 0 Å². The Kier molecular flexibility index (Phi) is 3.58. The van der Waals surface area contributed by atoms with Crippen molar-refractivity contribution >= 4 is 22.4 Å². The van der Waals surface area contributed by atoms with Gasteiger partial charge in [0.15, 0.2) is 0 Å². The molecule has 1 aliphatic carbocycles. The third kappa shape index (κ3) is 2.98. The fourth-order valence-electron chi connectivity index (χ4n) is 3.39. The van der Waals surface area contributed by atoms with Crippen molar-refractivity contribution in [3.8, 4) is 0 Å². The van der Waals surface area contributed by atoms with E-state index in [9.17, 15) is 4.79 Å². The maximum absolute atomic E-state index is 12.3. The standard InChI is InChI=1S/C21H19NO/c23-21(13-15-8-9-17-6-3-7-18(17)12-15)22-20-11-10-16-4-1-2-5-19(16)14-20/h1-2,4-5,8-12,14H,3,6-7,13H2,(H,22,23). The second kappa shape index (κ2) is 5.88. The molecule has 23 heavy (non-hydrogen) atoms. The van der Waals surface area contributed by atoms with Crippen LogP contribution in [0.1, 0.15) is 23.1 Å². The summed E-state index contributed by atoms with van der Waals surface area (Å²) in [5, 5.41) is 5.34. The molecule has 0 atom stereocenters. The minimum atomic E-state index is 0.0400. The van der Waals surface area contributed by atoms with Gasteiger partial charge in [-0.15, -0.1) is 0 Å². The molecule has 0 bridgehead atoms. The molecule has 0 radical (unpaired) electrons. The fraction of sp³-hybridized carbons (Fsp3) is 0.190. The maximum atomic E-state index is 12.3. The lowest BCUT2D eigenvalue weighted by atomic mass is 10.0. The van der Waals surface area contributed by atoms with Gasteiger partial charge in [-0.25, -0.2) is 0 Å². The lowest BCUT2D eigenvalue weighted by molar-refractivity contribution is -0.115. The van der Waals surface area contributed by atoms with Crippen molar-refractivity contribution in [1.82, 2.24) is 0 Å². The molecule has 1 aliphatic rings. The molecule has 2 heteroatoms.